The van der Waals surface area contributed by atoms with Crippen LogP contribution in [0.4, 0.5) is 13.2 Å². The van der Waals surface area contributed by atoms with Gasteiger partial charge in [-0.15, -0.1) is 0 Å². The van der Waals surface area contributed by atoms with Crippen LogP contribution in [0.5, 0.6) is 0 Å². The third kappa shape index (κ3) is 2.31. The van der Waals surface area contributed by atoms with Crippen molar-refractivity contribution < 1.29 is 21.6 Å². The molecule has 1 rings (SSSR count). The molecule has 0 aromatic heterocycles. The molecule has 0 fully saturated rings. The average molecular weight is 237 g/mol. The van der Waals surface area contributed by atoms with Gasteiger partial charge in [0.2, 0.25) is 0 Å². The fraction of sp³-hybridized carbons (Fsp3) is 0.222. The van der Waals surface area contributed by atoms with Crippen molar-refractivity contribution >= 4 is 9.84 Å². The lowest BCUT2D eigenvalue weighted by atomic mass is 10.2. The highest BCUT2D eigenvalue weighted by molar-refractivity contribution is 7.92. The number of halogens is 3. The van der Waals surface area contributed by atoms with Crippen molar-refractivity contribution in [3.05, 3.63) is 36.8 Å². The second-order valence-corrected chi connectivity index (χ2v) is 4.79. The van der Waals surface area contributed by atoms with Gasteiger partial charge in [-0.2, -0.15) is 13.2 Å². The second kappa shape index (κ2) is 3.84. The topological polar surface area (TPSA) is 34.1 Å². The van der Waals surface area contributed by atoms with Crippen LogP contribution in [0.25, 0.3) is 0 Å². The van der Waals surface area contributed by atoms with Crippen LogP contribution in [0.2, 0.25) is 0 Å². The summed E-state index contributed by atoms with van der Waals surface area (Å²) < 4.78 is 58.4. The molecule has 0 N–H and O–H groups in total. The zero-order valence-electron chi connectivity index (χ0n) is 7.58. The minimum Gasteiger partial charge on any atom is -0.214 e. The molecular formula is C9H8F3O2S. The Morgan fingerprint density at radius 2 is 1.87 bits per heavy atom. The van der Waals surface area contributed by atoms with Crippen LogP contribution < -0.4 is 0 Å². The fourth-order valence-electron chi connectivity index (χ4n) is 1.00. The van der Waals surface area contributed by atoms with Crippen LogP contribution in [0, 0.1) is 6.92 Å². The van der Waals surface area contributed by atoms with E-state index in [0.717, 1.165) is 12.1 Å². The van der Waals surface area contributed by atoms with Crippen molar-refractivity contribution in [3.63, 3.8) is 0 Å². The van der Waals surface area contributed by atoms with Crippen molar-refractivity contribution in [2.45, 2.75) is 16.8 Å². The van der Waals surface area contributed by atoms with Crippen LogP contribution in [-0.2, 0) is 16.3 Å². The van der Waals surface area contributed by atoms with E-state index in [2.05, 4.69) is 6.92 Å². The summed E-state index contributed by atoms with van der Waals surface area (Å²) in [6, 6.07) is 4.68. The maximum atomic E-state index is 12.2. The first kappa shape index (κ1) is 12.0. The molecule has 0 spiro atoms. The summed E-state index contributed by atoms with van der Waals surface area (Å²) in [6.07, 6.45) is 0.237. The Bertz CT molecular complexity index is 449. The molecule has 0 unspecified atom stereocenters. The molecule has 0 heterocycles. The van der Waals surface area contributed by atoms with E-state index in [4.69, 9.17) is 0 Å². The van der Waals surface area contributed by atoms with Gasteiger partial charge in [-0.3, -0.25) is 0 Å². The summed E-state index contributed by atoms with van der Waals surface area (Å²) in [6.45, 7) is 3.47. The van der Waals surface area contributed by atoms with Crippen molar-refractivity contribution in [2.24, 2.45) is 0 Å². The van der Waals surface area contributed by atoms with Gasteiger partial charge in [0.15, 0.2) is 0 Å². The molecule has 0 bridgehead atoms. The quantitative estimate of drug-likeness (QED) is 0.791. The fourth-order valence-corrected chi connectivity index (χ4v) is 1.83. The molecule has 83 valence electrons. The Hall–Kier alpha value is -1.04. The highest BCUT2D eigenvalue weighted by atomic mass is 32.2. The van der Waals surface area contributed by atoms with E-state index >= 15 is 0 Å². The van der Waals surface area contributed by atoms with Gasteiger partial charge in [-0.1, -0.05) is 12.1 Å². The molecule has 0 saturated heterocycles. The smallest absolute Gasteiger partial charge is 0.214 e. The number of sulfone groups is 1. The molecule has 15 heavy (non-hydrogen) atoms. The van der Waals surface area contributed by atoms with E-state index < -0.39 is 20.2 Å². The lowest BCUT2D eigenvalue weighted by Crippen LogP contribution is -2.23. The second-order valence-electron chi connectivity index (χ2n) is 2.85. The summed E-state index contributed by atoms with van der Waals surface area (Å²) in [4.78, 5) is -0.740. The van der Waals surface area contributed by atoms with Gasteiger partial charge in [0, 0.05) is 0 Å². The largest absolute Gasteiger partial charge is 0.501 e. The average Bonchev–Trinajstić information content (AvgIpc) is 2.16. The van der Waals surface area contributed by atoms with Crippen LogP contribution >= 0.6 is 0 Å². The van der Waals surface area contributed by atoms with Crippen molar-refractivity contribution in [3.8, 4) is 0 Å². The molecular weight excluding hydrogens is 229 g/mol. The molecule has 0 atom stereocenters. The first-order chi connectivity index (χ1) is 6.79. The minimum atomic E-state index is -5.26. The zero-order chi connectivity index (χ0) is 11.7. The van der Waals surface area contributed by atoms with Gasteiger partial charge in [0.25, 0.3) is 9.84 Å². The first-order valence-corrected chi connectivity index (χ1v) is 5.47. The van der Waals surface area contributed by atoms with Gasteiger partial charge in [0.1, 0.15) is 0 Å². The van der Waals surface area contributed by atoms with Crippen molar-refractivity contribution in [1.82, 2.24) is 0 Å². The number of rotatable bonds is 2. The van der Waals surface area contributed by atoms with Gasteiger partial charge in [0.05, 0.1) is 4.90 Å². The standard InChI is InChI=1S/C9H8F3O2S/c1-2-7-4-3-5-8(6-7)15(13,14)9(10,11)12/h3-6H,1-2H2. The molecule has 0 aliphatic carbocycles. The number of alkyl halides is 3. The van der Waals surface area contributed by atoms with Crippen LogP contribution in [0.15, 0.2) is 29.2 Å². The minimum absolute atomic E-state index is 0.237. The van der Waals surface area contributed by atoms with Gasteiger partial charge >= 0.3 is 5.51 Å². The zero-order valence-corrected chi connectivity index (χ0v) is 8.40. The summed E-state index contributed by atoms with van der Waals surface area (Å²) in [5.74, 6) is 0. The van der Waals surface area contributed by atoms with Crippen molar-refractivity contribution in [2.75, 3.05) is 0 Å². The van der Waals surface area contributed by atoms with Gasteiger partial charge in [-0.25, -0.2) is 8.42 Å². The lowest BCUT2D eigenvalue weighted by molar-refractivity contribution is -0.0436. The van der Waals surface area contributed by atoms with E-state index in [1.165, 1.54) is 12.1 Å². The van der Waals surface area contributed by atoms with E-state index in [-0.39, 0.29) is 6.42 Å². The molecule has 0 aliphatic heterocycles. The molecule has 1 aromatic carbocycles. The monoisotopic (exact) mass is 237 g/mol. The molecule has 1 radical (unpaired) electrons. The number of hydrogen-bond donors (Lipinski definition) is 0. The Balaban J connectivity index is 3.29. The van der Waals surface area contributed by atoms with E-state index in [9.17, 15) is 21.6 Å². The highest BCUT2D eigenvalue weighted by Crippen LogP contribution is 2.30. The molecule has 0 saturated carbocycles. The summed E-state index contributed by atoms with van der Waals surface area (Å²) >= 11 is 0. The summed E-state index contributed by atoms with van der Waals surface area (Å²) in [5, 5.41) is 0. The summed E-state index contributed by atoms with van der Waals surface area (Å²) in [5.41, 5.74) is -4.81. The third-order valence-electron chi connectivity index (χ3n) is 1.80. The molecule has 0 aliphatic rings. The van der Waals surface area contributed by atoms with E-state index in [1.807, 2.05) is 0 Å². The predicted molar refractivity (Wildman–Crippen MR) is 48.7 cm³/mol. The Morgan fingerprint density at radius 1 is 1.27 bits per heavy atom. The molecule has 1 aromatic rings. The summed E-state index contributed by atoms with van der Waals surface area (Å²) in [7, 11) is -5.24. The van der Waals surface area contributed by atoms with Crippen LogP contribution in [0.1, 0.15) is 5.56 Å². The molecule has 6 heteroatoms. The van der Waals surface area contributed by atoms with Gasteiger partial charge in [-0.05, 0) is 31.0 Å². The first-order valence-electron chi connectivity index (χ1n) is 3.98. The number of hydrogen-bond acceptors (Lipinski definition) is 2. The highest BCUT2D eigenvalue weighted by Gasteiger charge is 2.46. The number of benzene rings is 1. The van der Waals surface area contributed by atoms with Crippen LogP contribution in [0.3, 0.4) is 0 Å². The Labute approximate surface area is 85.6 Å². The predicted octanol–water partition coefficient (Wildman–Crippen LogP) is 2.36. The third-order valence-corrected chi connectivity index (χ3v) is 3.29. The Kier molecular flexibility index (Phi) is 3.08. The Morgan fingerprint density at radius 3 is 2.33 bits per heavy atom. The molecule has 0 amide bonds. The SMILES string of the molecule is [CH2]Cc1cccc(S(=O)(=O)C(F)(F)F)c1. The van der Waals surface area contributed by atoms with Crippen LogP contribution in [-0.4, -0.2) is 13.9 Å². The van der Waals surface area contributed by atoms with E-state index in [0.29, 0.717) is 5.56 Å². The van der Waals surface area contributed by atoms with E-state index in [1.54, 1.807) is 0 Å². The van der Waals surface area contributed by atoms with Gasteiger partial charge < -0.3 is 0 Å². The molecule has 2 nitrogen and oxygen atoms in total. The maximum absolute atomic E-state index is 12.2. The lowest BCUT2D eigenvalue weighted by Gasteiger charge is -2.08. The maximum Gasteiger partial charge on any atom is 0.501 e. The van der Waals surface area contributed by atoms with Crippen molar-refractivity contribution in [1.29, 1.82) is 0 Å². The normalized spacial score (nSPS) is 12.8.